The van der Waals surface area contributed by atoms with Gasteiger partial charge in [0.1, 0.15) is 0 Å². The number of halogens is 1. The second-order valence-corrected chi connectivity index (χ2v) is 11.3. The standard InChI is InChI=1S/C21H26BNO4.C8H8ClNO2.B6/c1-20(2)21(3,4)27-22(26-20)17-10-6-15(7-11-17)14-23-18-12-8-16(9-13-18)19(24)25-5;1-12-8(11)6-2-4-7(10-9)5-3-6;1-5(2)6(3)4/h6-13,23H,14H2,1-5H3;2-5,10H,1H3;. The largest absolute Gasteiger partial charge is 0.494 e. The number of benzene rings is 3. The van der Waals surface area contributed by atoms with Crippen LogP contribution in [0.4, 0.5) is 11.4 Å². The molecular weight excluding hydrogens is 583 g/mol. The molecule has 0 aliphatic carbocycles. The van der Waals surface area contributed by atoms with E-state index >= 15 is 0 Å². The minimum Gasteiger partial charge on any atom is -0.465 e. The molecule has 2 N–H and O–H groups in total. The number of methoxy groups -OCH3 is 2. The van der Waals surface area contributed by atoms with E-state index in [4.69, 9.17) is 56.8 Å². The van der Waals surface area contributed by atoms with Gasteiger partial charge in [-0.1, -0.05) is 24.3 Å². The highest BCUT2D eigenvalue weighted by Gasteiger charge is 2.51. The summed E-state index contributed by atoms with van der Waals surface area (Å²) in [4.78, 5) is 24.8. The minimum atomic E-state index is -0.593. The van der Waals surface area contributed by atoms with Gasteiger partial charge in [0.05, 0.1) is 36.5 Å². The van der Waals surface area contributed by atoms with Crippen molar-refractivity contribution in [2.75, 3.05) is 24.4 Å². The molecule has 45 heavy (non-hydrogen) atoms. The fraction of sp³-hybridized carbons (Fsp3) is 0.310. The highest BCUT2D eigenvalue weighted by atomic mass is 35.5. The lowest BCUT2D eigenvalue weighted by Crippen LogP contribution is -2.41. The van der Waals surface area contributed by atoms with Crippen LogP contribution in [0.5, 0.6) is 0 Å². The molecule has 3 aromatic rings. The third-order valence-corrected chi connectivity index (χ3v) is 7.39. The van der Waals surface area contributed by atoms with Crippen molar-refractivity contribution in [1.29, 1.82) is 0 Å². The summed E-state index contributed by atoms with van der Waals surface area (Å²) in [5, 5.41) is 3.35. The van der Waals surface area contributed by atoms with Crippen molar-refractivity contribution in [2.24, 2.45) is 0 Å². The maximum absolute atomic E-state index is 11.5. The fourth-order valence-corrected chi connectivity index (χ4v) is 3.73. The molecule has 3 aromatic carbocycles. The number of ether oxygens (including phenoxy) is 2. The van der Waals surface area contributed by atoms with E-state index in [0.29, 0.717) is 17.7 Å². The van der Waals surface area contributed by atoms with Crippen LogP contribution in [0.25, 0.3) is 0 Å². The summed E-state index contributed by atoms with van der Waals surface area (Å²) in [6, 6.07) is 22.1. The van der Waals surface area contributed by atoms with Gasteiger partial charge in [0, 0.05) is 73.4 Å². The number of anilines is 2. The molecule has 0 saturated carbocycles. The summed E-state index contributed by atoms with van der Waals surface area (Å²) < 4.78 is 21.4. The van der Waals surface area contributed by atoms with Gasteiger partial charge in [-0.15, -0.1) is 0 Å². The SMILES string of the molecule is COC(=O)c1ccc(NCc2ccc(B3OC(C)(C)C(C)(C)O3)cc2)cc1.COC(=O)c1ccc(NCl)cc1.[B]B([B])B([B])[B]. The van der Waals surface area contributed by atoms with E-state index in [0.717, 1.165) is 22.4 Å². The lowest BCUT2D eigenvalue weighted by Gasteiger charge is -2.32. The van der Waals surface area contributed by atoms with E-state index in [1.54, 1.807) is 36.4 Å². The molecule has 8 nitrogen and oxygen atoms in total. The number of esters is 2. The first-order chi connectivity index (χ1) is 21.1. The van der Waals surface area contributed by atoms with Crippen LogP contribution in [0.2, 0.25) is 0 Å². The molecule has 0 atom stereocenters. The molecule has 0 aromatic heterocycles. The summed E-state index contributed by atoms with van der Waals surface area (Å²) in [5.41, 5.74) is 4.21. The Morgan fingerprint density at radius 1 is 0.733 bits per heavy atom. The molecule has 224 valence electrons. The normalized spacial score (nSPS) is 14.0. The van der Waals surface area contributed by atoms with E-state index in [-0.39, 0.29) is 30.3 Å². The number of hydrogen-bond acceptors (Lipinski definition) is 8. The fourth-order valence-electron chi connectivity index (χ4n) is 3.61. The summed E-state index contributed by atoms with van der Waals surface area (Å²) in [6.07, 6.45) is -1.19. The Hall–Kier alpha value is -3.14. The smallest absolute Gasteiger partial charge is 0.465 e. The third kappa shape index (κ3) is 11.6. The van der Waals surface area contributed by atoms with E-state index in [2.05, 4.69) is 54.7 Å². The topological polar surface area (TPSA) is 95.1 Å². The zero-order valence-corrected chi connectivity index (χ0v) is 27.3. The second kappa shape index (κ2) is 17.5. The van der Waals surface area contributed by atoms with Gasteiger partial charge < -0.3 is 24.1 Å². The third-order valence-electron chi connectivity index (χ3n) is 7.17. The monoisotopic (exact) mass is 618 g/mol. The summed E-state index contributed by atoms with van der Waals surface area (Å²) >= 11 is 5.33. The molecule has 0 spiro atoms. The zero-order valence-electron chi connectivity index (χ0n) is 26.5. The first-order valence-electron chi connectivity index (χ1n) is 14.1. The van der Waals surface area contributed by atoms with Gasteiger partial charge in [0.2, 0.25) is 0 Å². The number of rotatable bonds is 8. The lowest BCUT2D eigenvalue weighted by atomic mass is 8.81. The Labute approximate surface area is 278 Å². The molecule has 0 bridgehead atoms. The van der Waals surface area contributed by atoms with Gasteiger partial charge in [-0.25, -0.2) is 9.59 Å². The highest BCUT2D eigenvalue weighted by Crippen LogP contribution is 2.36. The second-order valence-electron chi connectivity index (χ2n) is 11.1. The number of carbonyl (C=O) groups excluding carboxylic acids is 2. The quantitative estimate of drug-likeness (QED) is 0.226. The average molecular weight is 618 g/mol. The van der Waals surface area contributed by atoms with Crippen molar-refractivity contribution in [1.82, 2.24) is 0 Å². The molecule has 1 aliphatic heterocycles. The van der Waals surface area contributed by atoms with Crippen molar-refractivity contribution in [3.8, 4) is 0 Å². The maximum Gasteiger partial charge on any atom is 0.494 e. The summed E-state index contributed by atoms with van der Waals surface area (Å²) in [5.74, 6) is -0.684. The molecule has 1 fully saturated rings. The van der Waals surface area contributed by atoms with Crippen LogP contribution in [-0.2, 0) is 25.3 Å². The predicted molar refractivity (Wildman–Crippen MR) is 189 cm³/mol. The highest BCUT2D eigenvalue weighted by molar-refractivity contribution is 7.76. The van der Waals surface area contributed by atoms with E-state index in [9.17, 15) is 9.59 Å². The average Bonchev–Trinajstić information content (AvgIpc) is 3.26. The Morgan fingerprint density at radius 2 is 1.13 bits per heavy atom. The van der Waals surface area contributed by atoms with Gasteiger partial charge in [-0.2, -0.15) is 0 Å². The summed E-state index contributed by atoms with van der Waals surface area (Å²) in [7, 11) is 22.2. The van der Waals surface area contributed by atoms with E-state index < -0.39 is 12.8 Å². The molecule has 0 unspecified atom stereocenters. The van der Waals surface area contributed by atoms with Crippen molar-refractivity contribution in [2.45, 2.75) is 45.4 Å². The molecule has 16 heteroatoms. The van der Waals surface area contributed by atoms with Gasteiger partial charge in [-0.05, 0) is 87.3 Å². The van der Waals surface area contributed by atoms with E-state index in [1.165, 1.54) is 14.2 Å². The molecule has 1 aliphatic rings. The number of nitrogens with one attached hydrogen (secondary N) is 2. The van der Waals surface area contributed by atoms with Gasteiger partial charge in [-0.3, -0.25) is 4.84 Å². The molecule has 1 saturated heterocycles. The molecule has 0 amide bonds. The first-order valence-corrected chi connectivity index (χ1v) is 14.5. The van der Waals surface area contributed by atoms with Crippen molar-refractivity contribution in [3.05, 3.63) is 89.5 Å². The zero-order chi connectivity index (χ0) is 33.8. The molecule has 1 heterocycles. The van der Waals surface area contributed by atoms with Crippen LogP contribution >= 0.6 is 11.8 Å². The summed E-state index contributed by atoms with van der Waals surface area (Å²) in [6.45, 7) is 8.89. The van der Waals surface area contributed by atoms with Crippen LogP contribution in [0.1, 0.15) is 54.0 Å². The molecule has 4 rings (SSSR count). The van der Waals surface area contributed by atoms with Crippen molar-refractivity contribution >= 4 is 91.4 Å². The van der Waals surface area contributed by atoms with Crippen LogP contribution in [0.15, 0.2) is 72.8 Å². The first kappa shape index (κ1) is 38.0. The Balaban J connectivity index is 0.000000322. The van der Waals surface area contributed by atoms with Crippen LogP contribution < -0.4 is 15.6 Å². The Bertz CT molecular complexity index is 1340. The molecule has 8 radical (unpaired) electrons. The Morgan fingerprint density at radius 3 is 1.49 bits per heavy atom. The van der Waals surface area contributed by atoms with Crippen molar-refractivity contribution in [3.63, 3.8) is 0 Å². The van der Waals surface area contributed by atoms with Gasteiger partial charge in [0.25, 0.3) is 0 Å². The minimum absolute atomic E-state index is 0.333. The number of carbonyl (C=O) groups is 2. The maximum atomic E-state index is 11.5. The molecular formula is C29H34B7ClN2O6. The van der Waals surface area contributed by atoms with Crippen molar-refractivity contribution < 1.29 is 28.4 Å². The van der Waals surface area contributed by atoms with Crippen LogP contribution in [0, 0.1) is 0 Å². The lowest BCUT2D eigenvalue weighted by molar-refractivity contribution is 0.00578. The van der Waals surface area contributed by atoms with Crippen LogP contribution in [-0.4, -0.2) is 88.2 Å². The van der Waals surface area contributed by atoms with Gasteiger partial charge in [0.15, 0.2) is 0 Å². The van der Waals surface area contributed by atoms with Crippen LogP contribution in [0.3, 0.4) is 0 Å². The van der Waals surface area contributed by atoms with Gasteiger partial charge >= 0.3 is 19.1 Å². The van der Waals surface area contributed by atoms with E-state index in [1.807, 2.05) is 24.3 Å². The Kier molecular flexibility index (Phi) is 14.8. The number of hydrogen-bond donors (Lipinski definition) is 2. The predicted octanol–water partition coefficient (Wildman–Crippen LogP) is 3.14.